The summed E-state index contributed by atoms with van der Waals surface area (Å²) < 4.78 is 0. The highest BCUT2D eigenvalue weighted by Gasteiger charge is 2.19. The van der Waals surface area contributed by atoms with Gasteiger partial charge in [0, 0.05) is 6.20 Å². The Kier molecular flexibility index (Phi) is 2.06. The van der Waals surface area contributed by atoms with E-state index in [9.17, 15) is 5.11 Å². The van der Waals surface area contributed by atoms with Gasteiger partial charge in [-0.05, 0) is 38.0 Å². The molecule has 1 heterocycles. The molecule has 0 spiro atoms. The molecule has 0 aliphatic heterocycles. The van der Waals surface area contributed by atoms with Crippen LogP contribution in [-0.2, 0) is 5.60 Å². The lowest BCUT2D eigenvalue weighted by molar-refractivity contribution is 0.0779. The summed E-state index contributed by atoms with van der Waals surface area (Å²) in [5, 5.41) is 9.71. The fourth-order valence-electron chi connectivity index (χ4n) is 1.21. The van der Waals surface area contributed by atoms with Gasteiger partial charge in [-0.25, -0.2) is 4.98 Å². The molecular formula is C9H14N2O. The number of nitrogens with two attached hydrogens (primary N) is 1. The first-order chi connectivity index (χ1) is 5.43. The van der Waals surface area contributed by atoms with Gasteiger partial charge >= 0.3 is 0 Å². The molecule has 1 rings (SSSR count). The molecule has 0 radical (unpaired) electrons. The summed E-state index contributed by atoms with van der Waals surface area (Å²) >= 11 is 0. The number of hydrogen-bond acceptors (Lipinski definition) is 3. The van der Waals surface area contributed by atoms with Gasteiger partial charge < -0.3 is 10.8 Å². The van der Waals surface area contributed by atoms with Gasteiger partial charge in [0.25, 0.3) is 0 Å². The highest BCUT2D eigenvalue weighted by Crippen LogP contribution is 2.24. The summed E-state index contributed by atoms with van der Waals surface area (Å²) in [5.74, 6) is 0.481. The maximum atomic E-state index is 9.71. The van der Waals surface area contributed by atoms with Crippen molar-refractivity contribution >= 4 is 5.82 Å². The normalized spacial score (nSPS) is 11.7. The fraction of sp³-hybridized carbons (Fsp3) is 0.444. The van der Waals surface area contributed by atoms with Gasteiger partial charge in [-0.1, -0.05) is 0 Å². The molecule has 3 nitrogen and oxygen atoms in total. The third kappa shape index (κ3) is 1.56. The Bertz CT molecular complexity index is 289. The molecule has 0 aliphatic carbocycles. The largest absolute Gasteiger partial charge is 0.386 e. The summed E-state index contributed by atoms with van der Waals surface area (Å²) in [6.45, 7) is 5.32. The molecule has 1 aromatic rings. The Morgan fingerprint density at radius 2 is 2.08 bits per heavy atom. The Morgan fingerprint density at radius 1 is 1.50 bits per heavy atom. The van der Waals surface area contributed by atoms with Crippen molar-refractivity contribution in [3.05, 3.63) is 23.4 Å². The second-order valence-corrected chi connectivity index (χ2v) is 3.43. The highest BCUT2D eigenvalue weighted by atomic mass is 16.3. The molecule has 3 N–H and O–H groups in total. The molecule has 0 aliphatic rings. The lowest BCUT2D eigenvalue weighted by Gasteiger charge is -2.20. The first-order valence-corrected chi connectivity index (χ1v) is 3.87. The number of aromatic nitrogens is 1. The Morgan fingerprint density at radius 3 is 2.50 bits per heavy atom. The second kappa shape index (κ2) is 2.75. The van der Waals surface area contributed by atoms with Crippen molar-refractivity contribution in [1.29, 1.82) is 0 Å². The van der Waals surface area contributed by atoms with Crippen molar-refractivity contribution in [3.8, 4) is 0 Å². The van der Waals surface area contributed by atoms with E-state index < -0.39 is 5.60 Å². The van der Waals surface area contributed by atoms with Gasteiger partial charge in [0.1, 0.15) is 5.82 Å². The van der Waals surface area contributed by atoms with Crippen LogP contribution in [0.3, 0.4) is 0 Å². The molecule has 66 valence electrons. The molecule has 0 fully saturated rings. The van der Waals surface area contributed by atoms with Crippen molar-refractivity contribution in [2.75, 3.05) is 5.73 Å². The standard InChI is InChI=1S/C9H14N2O/c1-6-7(9(2,3)12)4-5-11-8(6)10/h4-5,12H,1-3H3,(H2,10,11). The molecule has 0 amide bonds. The van der Waals surface area contributed by atoms with E-state index in [0.717, 1.165) is 11.1 Å². The lowest BCUT2D eigenvalue weighted by atomic mass is 9.95. The minimum absolute atomic E-state index is 0.481. The zero-order valence-electron chi connectivity index (χ0n) is 7.63. The van der Waals surface area contributed by atoms with Crippen LogP contribution >= 0.6 is 0 Å². The Hall–Kier alpha value is -1.09. The molecule has 1 aromatic heterocycles. The third-order valence-electron chi connectivity index (χ3n) is 1.90. The SMILES string of the molecule is Cc1c(C(C)(C)O)ccnc1N. The first-order valence-electron chi connectivity index (χ1n) is 3.87. The number of hydrogen-bond donors (Lipinski definition) is 2. The average Bonchev–Trinajstić information content (AvgIpc) is 1.92. The van der Waals surface area contributed by atoms with Crippen LogP contribution in [-0.4, -0.2) is 10.1 Å². The summed E-state index contributed by atoms with van der Waals surface area (Å²) in [6, 6.07) is 1.78. The van der Waals surface area contributed by atoms with E-state index in [1.165, 1.54) is 0 Å². The first kappa shape index (κ1) is 9.00. The smallest absolute Gasteiger partial charge is 0.126 e. The van der Waals surface area contributed by atoms with Crippen LogP contribution < -0.4 is 5.73 Å². The van der Waals surface area contributed by atoms with Gasteiger partial charge in [0.2, 0.25) is 0 Å². The quantitative estimate of drug-likeness (QED) is 0.659. The van der Waals surface area contributed by atoms with Crippen LogP contribution in [0.25, 0.3) is 0 Å². The van der Waals surface area contributed by atoms with Gasteiger partial charge in [0.05, 0.1) is 5.60 Å². The molecule has 12 heavy (non-hydrogen) atoms. The number of nitrogens with zero attached hydrogens (tertiary/aromatic N) is 1. The topological polar surface area (TPSA) is 59.1 Å². The van der Waals surface area contributed by atoms with Crippen LogP contribution in [0.15, 0.2) is 12.3 Å². The third-order valence-corrected chi connectivity index (χ3v) is 1.90. The van der Waals surface area contributed by atoms with Gasteiger partial charge in [-0.2, -0.15) is 0 Å². The van der Waals surface area contributed by atoms with Gasteiger partial charge in [-0.3, -0.25) is 0 Å². The van der Waals surface area contributed by atoms with Crippen LogP contribution in [0.4, 0.5) is 5.82 Å². The van der Waals surface area contributed by atoms with Gasteiger partial charge in [0.15, 0.2) is 0 Å². The van der Waals surface area contributed by atoms with Crippen molar-refractivity contribution < 1.29 is 5.11 Å². The molecule has 0 saturated heterocycles. The van der Waals surface area contributed by atoms with E-state index in [4.69, 9.17) is 5.73 Å². The predicted molar refractivity (Wildman–Crippen MR) is 48.6 cm³/mol. The highest BCUT2D eigenvalue weighted by molar-refractivity contribution is 5.45. The average molecular weight is 166 g/mol. The second-order valence-electron chi connectivity index (χ2n) is 3.43. The van der Waals surface area contributed by atoms with Crippen LogP contribution in [0.2, 0.25) is 0 Å². The van der Waals surface area contributed by atoms with Crippen molar-refractivity contribution in [3.63, 3.8) is 0 Å². The van der Waals surface area contributed by atoms with Crippen LogP contribution in [0.1, 0.15) is 25.0 Å². The van der Waals surface area contributed by atoms with E-state index in [0.29, 0.717) is 5.82 Å². The van der Waals surface area contributed by atoms with E-state index in [1.807, 2.05) is 6.92 Å². The number of pyridine rings is 1. The summed E-state index contributed by atoms with van der Waals surface area (Å²) in [4.78, 5) is 3.92. The van der Waals surface area contributed by atoms with E-state index >= 15 is 0 Å². The molecule has 0 atom stereocenters. The van der Waals surface area contributed by atoms with E-state index in [1.54, 1.807) is 26.1 Å². The summed E-state index contributed by atoms with van der Waals surface area (Å²) in [6.07, 6.45) is 1.61. The van der Waals surface area contributed by atoms with Gasteiger partial charge in [-0.15, -0.1) is 0 Å². The molecular weight excluding hydrogens is 152 g/mol. The molecule has 0 aromatic carbocycles. The van der Waals surface area contributed by atoms with Crippen molar-refractivity contribution in [2.45, 2.75) is 26.4 Å². The number of nitrogen functional groups attached to an aromatic ring is 1. The number of anilines is 1. The molecule has 0 unspecified atom stereocenters. The van der Waals surface area contributed by atoms with Crippen LogP contribution in [0, 0.1) is 6.92 Å². The van der Waals surface area contributed by atoms with Crippen molar-refractivity contribution in [1.82, 2.24) is 4.98 Å². The predicted octanol–water partition coefficient (Wildman–Crippen LogP) is 1.20. The maximum Gasteiger partial charge on any atom is 0.126 e. The minimum Gasteiger partial charge on any atom is -0.386 e. The lowest BCUT2D eigenvalue weighted by Crippen LogP contribution is -2.18. The minimum atomic E-state index is -0.846. The molecule has 3 heteroatoms. The Balaban J connectivity index is 3.26. The molecule has 0 bridgehead atoms. The summed E-state index contributed by atoms with van der Waals surface area (Å²) in [7, 11) is 0. The van der Waals surface area contributed by atoms with Crippen molar-refractivity contribution in [2.24, 2.45) is 0 Å². The van der Waals surface area contributed by atoms with E-state index in [2.05, 4.69) is 4.98 Å². The number of rotatable bonds is 1. The molecule has 0 saturated carbocycles. The zero-order chi connectivity index (χ0) is 9.35. The Labute approximate surface area is 72.2 Å². The van der Waals surface area contributed by atoms with E-state index in [-0.39, 0.29) is 0 Å². The maximum absolute atomic E-state index is 9.71. The number of aliphatic hydroxyl groups is 1. The zero-order valence-corrected chi connectivity index (χ0v) is 7.63. The summed E-state index contributed by atoms with van der Waals surface area (Å²) in [5.41, 5.74) is 6.43. The monoisotopic (exact) mass is 166 g/mol. The fourth-order valence-corrected chi connectivity index (χ4v) is 1.21. The van der Waals surface area contributed by atoms with Crippen LogP contribution in [0.5, 0.6) is 0 Å².